The van der Waals surface area contributed by atoms with Crippen molar-refractivity contribution in [3.8, 4) is 0 Å². The fourth-order valence-corrected chi connectivity index (χ4v) is 2.45. The van der Waals surface area contributed by atoms with Crippen LogP contribution in [0, 0.1) is 5.92 Å². The molecule has 15 heavy (non-hydrogen) atoms. The molecule has 0 spiro atoms. The van der Waals surface area contributed by atoms with E-state index in [-0.39, 0.29) is 23.8 Å². The van der Waals surface area contributed by atoms with Crippen LogP contribution in [0.1, 0.15) is 33.6 Å². The number of ether oxygens (including phenoxy) is 2. The Labute approximate surface area is 90.4 Å². The van der Waals surface area contributed by atoms with Crippen molar-refractivity contribution >= 4 is 5.97 Å². The van der Waals surface area contributed by atoms with E-state index in [1.54, 1.807) is 0 Å². The lowest BCUT2D eigenvalue weighted by Crippen LogP contribution is -2.39. The first kappa shape index (κ1) is 10.7. The van der Waals surface area contributed by atoms with E-state index in [9.17, 15) is 4.79 Å². The second-order valence-electron chi connectivity index (χ2n) is 4.90. The van der Waals surface area contributed by atoms with Crippen LogP contribution in [-0.4, -0.2) is 23.8 Å². The molecular formula is C12H18O3. The Morgan fingerprint density at radius 2 is 2.13 bits per heavy atom. The summed E-state index contributed by atoms with van der Waals surface area (Å²) in [4.78, 5) is 11.0. The quantitative estimate of drug-likeness (QED) is 0.398. The summed E-state index contributed by atoms with van der Waals surface area (Å²) in [5.41, 5.74) is 0.933. The van der Waals surface area contributed by atoms with E-state index in [1.807, 2.05) is 13.8 Å². The van der Waals surface area contributed by atoms with E-state index < -0.39 is 0 Å². The van der Waals surface area contributed by atoms with Gasteiger partial charge in [0.05, 0.1) is 6.10 Å². The van der Waals surface area contributed by atoms with Crippen LogP contribution in [0.3, 0.4) is 0 Å². The Morgan fingerprint density at radius 1 is 1.47 bits per heavy atom. The van der Waals surface area contributed by atoms with E-state index in [0.717, 1.165) is 18.4 Å². The maximum absolute atomic E-state index is 11.0. The Hall–Kier alpha value is -0.830. The normalized spacial score (nSPS) is 43.0. The number of carbonyl (C=O) groups excluding carboxylic acids is 1. The van der Waals surface area contributed by atoms with E-state index in [1.165, 1.54) is 6.92 Å². The number of allylic oxidation sites excluding steroid dienone is 1. The van der Waals surface area contributed by atoms with Crippen LogP contribution in [0.2, 0.25) is 0 Å². The molecule has 4 atom stereocenters. The average molecular weight is 210 g/mol. The largest absolute Gasteiger partial charge is 0.459 e. The van der Waals surface area contributed by atoms with Crippen molar-refractivity contribution in [1.82, 2.24) is 0 Å². The Kier molecular flexibility index (Phi) is 2.38. The molecule has 4 unspecified atom stereocenters. The van der Waals surface area contributed by atoms with Crippen LogP contribution in [0.4, 0.5) is 0 Å². The summed E-state index contributed by atoms with van der Waals surface area (Å²) in [5, 5.41) is 0. The van der Waals surface area contributed by atoms with Gasteiger partial charge in [-0.1, -0.05) is 12.2 Å². The van der Waals surface area contributed by atoms with E-state index >= 15 is 0 Å². The second kappa shape index (κ2) is 3.34. The minimum atomic E-state index is -0.225. The third-order valence-electron chi connectivity index (χ3n) is 3.62. The predicted octanol–water partition coefficient (Wildman–Crippen LogP) is 2.06. The lowest BCUT2D eigenvalue weighted by atomic mass is 9.78. The molecule has 0 amide bonds. The van der Waals surface area contributed by atoms with Crippen LogP contribution in [0.15, 0.2) is 12.2 Å². The Morgan fingerprint density at radius 3 is 2.67 bits per heavy atom. The van der Waals surface area contributed by atoms with Gasteiger partial charge in [0, 0.05) is 6.92 Å². The monoisotopic (exact) mass is 210 g/mol. The summed E-state index contributed by atoms with van der Waals surface area (Å²) < 4.78 is 11.0. The van der Waals surface area contributed by atoms with E-state index in [0.29, 0.717) is 5.92 Å². The maximum Gasteiger partial charge on any atom is 0.303 e. The number of carbonyl (C=O) groups is 1. The van der Waals surface area contributed by atoms with E-state index in [2.05, 4.69) is 6.58 Å². The zero-order valence-corrected chi connectivity index (χ0v) is 9.58. The number of hydrogen-bond donors (Lipinski definition) is 0. The SMILES string of the molecule is C=C(C)C1CC(OC(C)=O)C2(C)OC2C1. The number of esters is 1. The highest BCUT2D eigenvalue weighted by Crippen LogP contribution is 2.51. The Balaban J connectivity index is 2.07. The predicted molar refractivity (Wildman–Crippen MR) is 56.4 cm³/mol. The van der Waals surface area contributed by atoms with Crippen molar-refractivity contribution in [3.05, 3.63) is 12.2 Å². The molecule has 3 heteroatoms. The van der Waals surface area contributed by atoms with Gasteiger partial charge >= 0.3 is 5.97 Å². The molecule has 1 aliphatic heterocycles. The van der Waals surface area contributed by atoms with Gasteiger partial charge in [-0.3, -0.25) is 4.79 Å². The van der Waals surface area contributed by atoms with Gasteiger partial charge in [0.1, 0.15) is 11.7 Å². The molecule has 2 fully saturated rings. The maximum atomic E-state index is 11.0. The molecule has 3 nitrogen and oxygen atoms in total. The van der Waals surface area contributed by atoms with Crippen LogP contribution in [0.25, 0.3) is 0 Å². The lowest BCUT2D eigenvalue weighted by Gasteiger charge is -2.30. The second-order valence-corrected chi connectivity index (χ2v) is 4.90. The molecule has 0 radical (unpaired) electrons. The fraction of sp³-hybridized carbons (Fsp3) is 0.750. The van der Waals surface area contributed by atoms with Crippen molar-refractivity contribution < 1.29 is 14.3 Å². The minimum Gasteiger partial charge on any atom is -0.459 e. The molecule has 1 saturated heterocycles. The first-order chi connectivity index (χ1) is 6.93. The molecule has 0 aromatic carbocycles. The molecule has 1 saturated carbocycles. The lowest BCUT2D eigenvalue weighted by molar-refractivity contribution is -0.151. The van der Waals surface area contributed by atoms with Crippen molar-refractivity contribution in [3.63, 3.8) is 0 Å². The molecule has 84 valence electrons. The van der Waals surface area contributed by atoms with E-state index in [4.69, 9.17) is 9.47 Å². The summed E-state index contributed by atoms with van der Waals surface area (Å²) in [7, 11) is 0. The molecule has 2 aliphatic rings. The van der Waals surface area contributed by atoms with Crippen molar-refractivity contribution in [1.29, 1.82) is 0 Å². The highest BCUT2D eigenvalue weighted by molar-refractivity contribution is 5.66. The standard InChI is InChI=1S/C12H18O3/c1-7(2)9-5-10(14-8(3)13)12(4)11(6-9)15-12/h9-11H,1,5-6H2,2-4H3. The zero-order valence-electron chi connectivity index (χ0n) is 9.58. The summed E-state index contributed by atoms with van der Waals surface area (Å²) in [5.74, 6) is 0.202. The van der Waals surface area contributed by atoms with Gasteiger partial charge in [-0.2, -0.15) is 0 Å². The van der Waals surface area contributed by atoms with Crippen LogP contribution < -0.4 is 0 Å². The van der Waals surface area contributed by atoms with Gasteiger partial charge < -0.3 is 9.47 Å². The van der Waals surface area contributed by atoms with Crippen molar-refractivity contribution in [2.75, 3.05) is 0 Å². The van der Waals surface area contributed by atoms with Gasteiger partial charge in [0.15, 0.2) is 0 Å². The molecule has 2 rings (SSSR count). The van der Waals surface area contributed by atoms with Gasteiger partial charge in [0.25, 0.3) is 0 Å². The molecule has 0 bridgehead atoms. The van der Waals surface area contributed by atoms with Gasteiger partial charge in [-0.25, -0.2) is 0 Å². The third kappa shape index (κ3) is 1.81. The molecule has 0 aromatic heterocycles. The molecular weight excluding hydrogens is 192 g/mol. The minimum absolute atomic E-state index is 0.101. The summed E-state index contributed by atoms with van der Waals surface area (Å²) in [6.45, 7) is 9.48. The number of rotatable bonds is 2. The average Bonchev–Trinajstić information content (AvgIpc) is 2.76. The molecule has 1 heterocycles. The van der Waals surface area contributed by atoms with Crippen LogP contribution >= 0.6 is 0 Å². The molecule has 1 aliphatic carbocycles. The molecule has 0 aromatic rings. The van der Waals surface area contributed by atoms with Crippen LogP contribution in [-0.2, 0) is 14.3 Å². The number of fused-ring (bicyclic) bond motifs is 1. The van der Waals surface area contributed by atoms with Gasteiger partial charge in [-0.15, -0.1) is 0 Å². The highest BCUT2D eigenvalue weighted by atomic mass is 16.6. The third-order valence-corrected chi connectivity index (χ3v) is 3.62. The van der Waals surface area contributed by atoms with Gasteiger partial charge in [-0.05, 0) is 32.6 Å². The number of epoxide rings is 1. The highest BCUT2D eigenvalue weighted by Gasteiger charge is 2.62. The molecule has 0 N–H and O–H groups in total. The topological polar surface area (TPSA) is 38.8 Å². The fourth-order valence-electron chi connectivity index (χ4n) is 2.45. The van der Waals surface area contributed by atoms with Crippen LogP contribution in [0.5, 0.6) is 0 Å². The summed E-state index contributed by atoms with van der Waals surface area (Å²) in [6, 6.07) is 0. The Bertz CT molecular complexity index is 310. The summed E-state index contributed by atoms with van der Waals surface area (Å²) >= 11 is 0. The summed E-state index contributed by atoms with van der Waals surface area (Å²) in [6.07, 6.45) is 2.01. The van der Waals surface area contributed by atoms with Gasteiger partial charge in [0.2, 0.25) is 0 Å². The zero-order chi connectivity index (χ0) is 11.2. The first-order valence-electron chi connectivity index (χ1n) is 5.44. The van der Waals surface area contributed by atoms with Crippen molar-refractivity contribution in [2.45, 2.75) is 51.4 Å². The number of hydrogen-bond acceptors (Lipinski definition) is 3. The smallest absolute Gasteiger partial charge is 0.303 e. The van der Waals surface area contributed by atoms with Crippen molar-refractivity contribution in [2.24, 2.45) is 5.92 Å². The first-order valence-corrected chi connectivity index (χ1v) is 5.44.